The standard InChI is InChI=1S/C10H11NOS/c1-7(2)8-6-9(12-11-8)10-4-3-5-13-10/h3-7H,1-2H3. The number of rotatable bonds is 2. The SMILES string of the molecule is CC(C)c1cc(-c2cccs2)on1. The van der Waals surface area contributed by atoms with Gasteiger partial charge < -0.3 is 4.52 Å². The minimum Gasteiger partial charge on any atom is -0.355 e. The lowest BCUT2D eigenvalue weighted by Gasteiger charge is -1.93. The first-order valence-corrected chi connectivity index (χ1v) is 5.16. The van der Waals surface area contributed by atoms with Crippen LogP contribution in [0.4, 0.5) is 0 Å². The third-order valence-corrected chi connectivity index (χ3v) is 2.77. The monoisotopic (exact) mass is 193 g/mol. The van der Waals surface area contributed by atoms with E-state index in [0.29, 0.717) is 5.92 Å². The Kier molecular flexibility index (Phi) is 2.19. The lowest BCUT2D eigenvalue weighted by Crippen LogP contribution is -1.84. The molecule has 2 aromatic heterocycles. The lowest BCUT2D eigenvalue weighted by molar-refractivity contribution is 0.420. The van der Waals surface area contributed by atoms with E-state index >= 15 is 0 Å². The van der Waals surface area contributed by atoms with Crippen molar-refractivity contribution in [3.05, 3.63) is 29.3 Å². The molecule has 2 rings (SSSR count). The quantitative estimate of drug-likeness (QED) is 0.729. The molecule has 13 heavy (non-hydrogen) atoms. The normalized spacial score (nSPS) is 11.0. The summed E-state index contributed by atoms with van der Waals surface area (Å²) < 4.78 is 5.23. The molecule has 0 saturated heterocycles. The second kappa shape index (κ2) is 3.34. The highest BCUT2D eigenvalue weighted by Crippen LogP contribution is 2.27. The summed E-state index contributed by atoms with van der Waals surface area (Å²) in [5.41, 5.74) is 1.02. The highest BCUT2D eigenvalue weighted by atomic mass is 32.1. The largest absolute Gasteiger partial charge is 0.355 e. The van der Waals surface area contributed by atoms with Crippen molar-refractivity contribution in [1.82, 2.24) is 5.16 Å². The zero-order valence-electron chi connectivity index (χ0n) is 7.65. The van der Waals surface area contributed by atoms with Gasteiger partial charge in [-0.05, 0) is 17.4 Å². The molecular formula is C10H11NOS. The Morgan fingerprint density at radius 1 is 1.46 bits per heavy atom. The fourth-order valence-electron chi connectivity index (χ4n) is 1.10. The van der Waals surface area contributed by atoms with Crippen LogP contribution >= 0.6 is 11.3 Å². The van der Waals surface area contributed by atoms with Gasteiger partial charge in [0.05, 0.1) is 10.6 Å². The predicted octanol–water partition coefficient (Wildman–Crippen LogP) is 3.53. The van der Waals surface area contributed by atoms with Gasteiger partial charge in [0.25, 0.3) is 0 Å². The van der Waals surface area contributed by atoms with Crippen LogP contribution in [0.1, 0.15) is 25.5 Å². The van der Waals surface area contributed by atoms with Gasteiger partial charge in [-0.3, -0.25) is 0 Å². The zero-order valence-corrected chi connectivity index (χ0v) is 8.47. The minimum absolute atomic E-state index is 0.428. The smallest absolute Gasteiger partial charge is 0.177 e. The molecule has 2 aromatic rings. The van der Waals surface area contributed by atoms with Crippen LogP contribution in [0.15, 0.2) is 28.1 Å². The van der Waals surface area contributed by atoms with E-state index in [-0.39, 0.29) is 0 Å². The maximum absolute atomic E-state index is 5.23. The number of nitrogens with zero attached hydrogens (tertiary/aromatic N) is 1. The van der Waals surface area contributed by atoms with Crippen molar-refractivity contribution in [3.8, 4) is 10.6 Å². The third-order valence-electron chi connectivity index (χ3n) is 1.88. The van der Waals surface area contributed by atoms with E-state index in [2.05, 4.69) is 19.0 Å². The average Bonchev–Trinajstić information content (AvgIpc) is 2.75. The van der Waals surface area contributed by atoms with E-state index in [1.54, 1.807) is 11.3 Å². The van der Waals surface area contributed by atoms with Gasteiger partial charge in [-0.15, -0.1) is 11.3 Å². The summed E-state index contributed by atoms with van der Waals surface area (Å²) in [7, 11) is 0. The molecular weight excluding hydrogens is 182 g/mol. The van der Waals surface area contributed by atoms with Gasteiger partial charge in [-0.2, -0.15) is 0 Å². The first-order chi connectivity index (χ1) is 6.27. The topological polar surface area (TPSA) is 26.0 Å². The molecule has 0 aromatic carbocycles. The molecule has 0 unspecified atom stereocenters. The van der Waals surface area contributed by atoms with Gasteiger partial charge >= 0.3 is 0 Å². The van der Waals surface area contributed by atoms with Gasteiger partial charge in [0.2, 0.25) is 0 Å². The average molecular weight is 193 g/mol. The summed E-state index contributed by atoms with van der Waals surface area (Å²) in [6.45, 7) is 4.21. The summed E-state index contributed by atoms with van der Waals surface area (Å²) in [5, 5.41) is 6.04. The van der Waals surface area contributed by atoms with Crippen molar-refractivity contribution in [2.45, 2.75) is 19.8 Å². The minimum atomic E-state index is 0.428. The van der Waals surface area contributed by atoms with E-state index in [1.807, 2.05) is 23.6 Å². The molecule has 2 heterocycles. The van der Waals surface area contributed by atoms with Crippen LogP contribution in [0.25, 0.3) is 10.6 Å². The van der Waals surface area contributed by atoms with Crippen LogP contribution in [-0.2, 0) is 0 Å². The Bertz CT molecular complexity index is 375. The van der Waals surface area contributed by atoms with Gasteiger partial charge in [0.1, 0.15) is 0 Å². The first-order valence-electron chi connectivity index (χ1n) is 4.28. The predicted molar refractivity (Wildman–Crippen MR) is 53.9 cm³/mol. The molecule has 0 bridgehead atoms. The van der Waals surface area contributed by atoms with Crippen LogP contribution < -0.4 is 0 Å². The summed E-state index contributed by atoms with van der Waals surface area (Å²) in [6.07, 6.45) is 0. The van der Waals surface area contributed by atoms with Gasteiger partial charge in [-0.1, -0.05) is 25.1 Å². The molecule has 68 valence electrons. The fourth-order valence-corrected chi connectivity index (χ4v) is 1.77. The molecule has 0 fully saturated rings. The van der Waals surface area contributed by atoms with Crippen molar-refractivity contribution >= 4 is 11.3 Å². The van der Waals surface area contributed by atoms with E-state index in [1.165, 1.54) is 0 Å². The maximum atomic E-state index is 5.23. The van der Waals surface area contributed by atoms with Gasteiger partial charge in [0, 0.05) is 6.07 Å². The molecule has 0 spiro atoms. The molecule has 0 aliphatic rings. The molecule has 0 aliphatic heterocycles. The van der Waals surface area contributed by atoms with E-state index in [4.69, 9.17) is 4.52 Å². The number of aromatic nitrogens is 1. The lowest BCUT2D eigenvalue weighted by atomic mass is 10.1. The molecule has 0 amide bonds. The van der Waals surface area contributed by atoms with Gasteiger partial charge in [0.15, 0.2) is 5.76 Å². The van der Waals surface area contributed by atoms with Crippen LogP contribution in [-0.4, -0.2) is 5.16 Å². The van der Waals surface area contributed by atoms with Crippen LogP contribution in [0.3, 0.4) is 0 Å². The Morgan fingerprint density at radius 2 is 2.31 bits per heavy atom. The van der Waals surface area contributed by atoms with Crippen molar-refractivity contribution in [1.29, 1.82) is 0 Å². The molecule has 0 radical (unpaired) electrons. The van der Waals surface area contributed by atoms with Crippen LogP contribution in [0, 0.1) is 0 Å². The summed E-state index contributed by atoms with van der Waals surface area (Å²) in [6, 6.07) is 6.06. The molecule has 0 aliphatic carbocycles. The van der Waals surface area contributed by atoms with Gasteiger partial charge in [-0.25, -0.2) is 0 Å². The Hall–Kier alpha value is -1.09. The molecule has 0 atom stereocenters. The summed E-state index contributed by atoms with van der Waals surface area (Å²) in [4.78, 5) is 1.14. The summed E-state index contributed by atoms with van der Waals surface area (Å²) >= 11 is 1.67. The van der Waals surface area contributed by atoms with Crippen molar-refractivity contribution < 1.29 is 4.52 Å². The Morgan fingerprint density at radius 3 is 2.85 bits per heavy atom. The number of thiophene rings is 1. The fraction of sp³-hybridized carbons (Fsp3) is 0.300. The maximum Gasteiger partial charge on any atom is 0.177 e. The van der Waals surface area contributed by atoms with Crippen molar-refractivity contribution in [3.63, 3.8) is 0 Å². The molecule has 0 saturated carbocycles. The van der Waals surface area contributed by atoms with Crippen molar-refractivity contribution in [2.75, 3.05) is 0 Å². The molecule has 2 nitrogen and oxygen atoms in total. The zero-order chi connectivity index (χ0) is 9.26. The second-order valence-corrected chi connectivity index (χ2v) is 4.20. The number of hydrogen-bond acceptors (Lipinski definition) is 3. The van der Waals surface area contributed by atoms with Crippen molar-refractivity contribution in [2.24, 2.45) is 0 Å². The molecule has 3 heteroatoms. The first kappa shape index (κ1) is 8.51. The number of hydrogen-bond donors (Lipinski definition) is 0. The third kappa shape index (κ3) is 1.65. The van der Waals surface area contributed by atoms with Crippen LogP contribution in [0.5, 0.6) is 0 Å². The highest BCUT2D eigenvalue weighted by Gasteiger charge is 2.09. The van der Waals surface area contributed by atoms with E-state index in [9.17, 15) is 0 Å². The summed E-state index contributed by atoms with van der Waals surface area (Å²) in [5.74, 6) is 1.30. The van der Waals surface area contributed by atoms with E-state index < -0.39 is 0 Å². The second-order valence-electron chi connectivity index (χ2n) is 3.25. The highest BCUT2D eigenvalue weighted by molar-refractivity contribution is 7.13. The Labute approximate surface area is 81.2 Å². The van der Waals surface area contributed by atoms with E-state index in [0.717, 1.165) is 16.3 Å². The van der Waals surface area contributed by atoms with Crippen LogP contribution in [0.2, 0.25) is 0 Å². The molecule has 0 N–H and O–H groups in total. The Balaban J connectivity index is 2.33.